The number of benzene rings is 1. The minimum absolute atomic E-state index is 0.426. The zero-order chi connectivity index (χ0) is 13.8. The minimum Gasteiger partial charge on any atom is -0.298 e. The first-order valence-corrected chi connectivity index (χ1v) is 6.84. The van der Waals surface area contributed by atoms with Gasteiger partial charge in [-0.1, -0.05) is 53.0 Å². The number of hydrogen-bond acceptors (Lipinski definition) is 2. The first kappa shape index (κ1) is 14.3. The zero-order valence-corrected chi connectivity index (χ0v) is 12.5. The van der Waals surface area contributed by atoms with Crippen LogP contribution in [0.5, 0.6) is 0 Å². The van der Waals surface area contributed by atoms with E-state index >= 15 is 0 Å². The Bertz CT molecular complexity index is 553. The smallest absolute Gasteiger partial charge is 0.130 e. The number of halogens is 2. The standard InChI is InChI=1S/C15H16Cl2N2/c1-11-3-5-12(6-4-11)9-19(2)10-13-8-18-15(17)7-14(13)16/h3-8H,9-10H2,1-2H3. The van der Waals surface area contributed by atoms with Crippen LogP contribution in [0.15, 0.2) is 36.5 Å². The molecule has 0 aliphatic heterocycles. The van der Waals surface area contributed by atoms with Gasteiger partial charge in [-0.3, -0.25) is 4.90 Å². The predicted octanol–water partition coefficient (Wildman–Crippen LogP) is 4.33. The molecular weight excluding hydrogens is 279 g/mol. The van der Waals surface area contributed by atoms with Crippen LogP contribution in [0, 0.1) is 6.92 Å². The quantitative estimate of drug-likeness (QED) is 0.780. The first-order chi connectivity index (χ1) is 9.04. The normalized spacial score (nSPS) is 11.0. The topological polar surface area (TPSA) is 16.1 Å². The molecule has 1 aromatic heterocycles. The number of pyridine rings is 1. The number of nitrogens with zero attached hydrogens (tertiary/aromatic N) is 2. The lowest BCUT2D eigenvalue weighted by atomic mass is 10.1. The van der Waals surface area contributed by atoms with Crippen LogP contribution in [0.2, 0.25) is 10.2 Å². The van der Waals surface area contributed by atoms with Gasteiger partial charge >= 0.3 is 0 Å². The minimum atomic E-state index is 0.426. The van der Waals surface area contributed by atoms with Crippen LogP contribution in [-0.2, 0) is 13.1 Å². The summed E-state index contributed by atoms with van der Waals surface area (Å²) >= 11 is 11.9. The molecule has 100 valence electrons. The lowest BCUT2D eigenvalue weighted by molar-refractivity contribution is 0.319. The van der Waals surface area contributed by atoms with E-state index < -0.39 is 0 Å². The fraction of sp³-hybridized carbons (Fsp3) is 0.267. The van der Waals surface area contributed by atoms with Crippen LogP contribution >= 0.6 is 23.2 Å². The second-order valence-corrected chi connectivity index (χ2v) is 5.55. The summed E-state index contributed by atoms with van der Waals surface area (Å²) in [6.45, 7) is 3.71. The van der Waals surface area contributed by atoms with Gasteiger partial charge in [0.2, 0.25) is 0 Å². The third kappa shape index (κ3) is 4.20. The van der Waals surface area contributed by atoms with Gasteiger partial charge in [-0.05, 0) is 25.6 Å². The molecule has 0 spiro atoms. The van der Waals surface area contributed by atoms with Crippen LogP contribution in [0.3, 0.4) is 0 Å². The van der Waals surface area contributed by atoms with Crippen LogP contribution < -0.4 is 0 Å². The van der Waals surface area contributed by atoms with E-state index in [4.69, 9.17) is 23.2 Å². The summed E-state index contributed by atoms with van der Waals surface area (Å²) in [5.41, 5.74) is 3.54. The Kier molecular flexibility index (Phi) is 4.81. The number of aryl methyl sites for hydroxylation is 1. The van der Waals surface area contributed by atoms with E-state index in [0.717, 1.165) is 18.7 Å². The second-order valence-electron chi connectivity index (χ2n) is 4.76. The first-order valence-electron chi connectivity index (χ1n) is 6.08. The lowest BCUT2D eigenvalue weighted by Crippen LogP contribution is -2.17. The molecule has 0 aliphatic carbocycles. The highest BCUT2D eigenvalue weighted by atomic mass is 35.5. The van der Waals surface area contributed by atoms with Crippen molar-refractivity contribution in [2.45, 2.75) is 20.0 Å². The fourth-order valence-corrected chi connectivity index (χ4v) is 2.33. The molecule has 0 saturated heterocycles. The van der Waals surface area contributed by atoms with E-state index in [9.17, 15) is 0 Å². The molecule has 2 rings (SSSR count). The van der Waals surface area contributed by atoms with Crippen molar-refractivity contribution in [3.05, 3.63) is 63.4 Å². The highest BCUT2D eigenvalue weighted by Crippen LogP contribution is 2.20. The summed E-state index contributed by atoms with van der Waals surface area (Å²) in [4.78, 5) is 6.26. The van der Waals surface area contributed by atoms with Crippen molar-refractivity contribution in [3.8, 4) is 0 Å². The Morgan fingerprint density at radius 1 is 1.11 bits per heavy atom. The van der Waals surface area contributed by atoms with Crippen molar-refractivity contribution in [2.24, 2.45) is 0 Å². The van der Waals surface area contributed by atoms with E-state index in [1.165, 1.54) is 11.1 Å². The highest BCUT2D eigenvalue weighted by molar-refractivity contribution is 6.34. The molecule has 1 heterocycles. The van der Waals surface area contributed by atoms with Gasteiger partial charge in [0.05, 0.1) is 0 Å². The second kappa shape index (κ2) is 6.38. The molecule has 0 saturated carbocycles. The molecule has 0 bridgehead atoms. The van der Waals surface area contributed by atoms with E-state index in [1.54, 1.807) is 12.3 Å². The van der Waals surface area contributed by atoms with Crippen molar-refractivity contribution < 1.29 is 0 Å². The molecule has 19 heavy (non-hydrogen) atoms. The number of rotatable bonds is 4. The van der Waals surface area contributed by atoms with Gasteiger partial charge in [0.25, 0.3) is 0 Å². The average Bonchev–Trinajstić information content (AvgIpc) is 2.36. The monoisotopic (exact) mass is 294 g/mol. The Hall–Kier alpha value is -1.09. The summed E-state index contributed by atoms with van der Waals surface area (Å²) in [6, 6.07) is 10.2. The van der Waals surface area contributed by atoms with Gasteiger partial charge in [0.1, 0.15) is 5.15 Å². The Balaban J connectivity index is 2.01. The van der Waals surface area contributed by atoms with Crippen LogP contribution in [0.25, 0.3) is 0 Å². The largest absolute Gasteiger partial charge is 0.298 e. The van der Waals surface area contributed by atoms with Crippen molar-refractivity contribution in [2.75, 3.05) is 7.05 Å². The number of aromatic nitrogens is 1. The van der Waals surface area contributed by atoms with Crippen molar-refractivity contribution in [1.29, 1.82) is 0 Å². The summed E-state index contributed by atoms with van der Waals surface area (Å²) in [7, 11) is 2.06. The number of hydrogen-bond donors (Lipinski definition) is 0. The third-order valence-electron chi connectivity index (χ3n) is 2.91. The van der Waals surface area contributed by atoms with E-state index in [1.807, 2.05) is 0 Å². The molecule has 4 heteroatoms. The van der Waals surface area contributed by atoms with Gasteiger partial charge in [0, 0.05) is 29.9 Å². The SMILES string of the molecule is Cc1ccc(CN(C)Cc2cnc(Cl)cc2Cl)cc1. The fourth-order valence-electron chi connectivity index (χ4n) is 1.90. The molecule has 0 atom stereocenters. The van der Waals surface area contributed by atoms with Crippen LogP contribution in [0.4, 0.5) is 0 Å². The maximum atomic E-state index is 6.15. The van der Waals surface area contributed by atoms with Crippen LogP contribution in [0.1, 0.15) is 16.7 Å². The lowest BCUT2D eigenvalue weighted by Gasteiger charge is -2.17. The Morgan fingerprint density at radius 3 is 2.42 bits per heavy atom. The third-order valence-corrected chi connectivity index (χ3v) is 3.47. The van der Waals surface area contributed by atoms with Gasteiger partial charge in [-0.15, -0.1) is 0 Å². The summed E-state index contributed by atoms with van der Waals surface area (Å²) < 4.78 is 0. The predicted molar refractivity (Wildman–Crippen MR) is 80.6 cm³/mol. The van der Waals surface area contributed by atoms with E-state index in [0.29, 0.717) is 10.2 Å². The molecule has 1 aromatic carbocycles. The molecule has 0 amide bonds. The van der Waals surface area contributed by atoms with E-state index in [2.05, 4.69) is 48.1 Å². The van der Waals surface area contributed by atoms with Crippen molar-refractivity contribution in [3.63, 3.8) is 0 Å². The summed E-state index contributed by atoms with van der Waals surface area (Å²) in [5, 5.41) is 1.09. The Labute approximate surface area is 124 Å². The van der Waals surface area contributed by atoms with Gasteiger partial charge < -0.3 is 0 Å². The molecule has 0 fully saturated rings. The molecule has 0 unspecified atom stereocenters. The molecule has 2 aromatic rings. The highest BCUT2D eigenvalue weighted by Gasteiger charge is 2.06. The zero-order valence-electron chi connectivity index (χ0n) is 11.0. The van der Waals surface area contributed by atoms with Gasteiger partial charge in [0.15, 0.2) is 0 Å². The Morgan fingerprint density at radius 2 is 1.79 bits per heavy atom. The maximum absolute atomic E-state index is 6.15. The molecular formula is C15H16Cl2N2. The summed E-state index contributed by atoms with van der Waals surface area (Å²) in [6.07, 6.45) is 1.73. The molecule has 0 N–H and O–H groups in total. The molecule has 0 aliphatic rings. The van der Waals surface area contributed by atoms with Gasteiger partial charge in [-0.2, -0.15) is 0 Å². The molecule has 2 nitrogen and oxygen atoms in total. The van der Waals surface area contributed by atoms with E-state index in [-0.39, 0.29) is 0 Å². The van der Waals surface area contributed by atoms with Crippen molar-refractivity contribution >= 4 is 23.2 Å². The van der Waals surface area contributed by atoms with Crippen LogP contribution in [-0.4, -0.2) is 16.9 Å². The average molecular weight is 295 g/mol. The van der Waals surface area contributed by atoms with Gasteiger partial charge in [-0.25, -0.2) is 4.98 Å². The maximum Gasteiger partial charge on any atom is 0.130 e. The van der Waals surface area contributed by atoms with Crippen molar-refractivity contribution in [1.82, 2.24) is 9.88 Å². The molecule has 0 radical (unpaired) electrons. The summed E-state index contributed by atoms with van der Waals surface area (Å²) in [5.74, 6) is 0.